The minimum Gasteiger partial charge on any atom is -0.481 e. The molecule has 0 saturated heterocycles. The number of carbonyl (C=O) groups excluding carboxylic acids is 1. The maximum Gasteiger partial charge on any atom is 0.310 e. The molecule has 0 radical (unpaired) electrons. The van der Waals surface area contributed by atoms with E-state index in [9.17, 15) is 9.59 Å². The number of carbonyl (C=O) groups is 2. The van der Waals surface area contributed by atoms with Gasteiger partial charge in [-0.05, 0) is 24.6 Å². The number of hydrogen-bond acceptors (Lipinski definition) is 3. The second-order valence-electron chi connectivity index (χ2n) is 4.25. The monoisotopic (exact) mass is 255 g/mol. The molecule has 19 heavy (non-hydrogen) atoms. The molecule has 1 heterocycles. The van der Waals surface area contributed by atoms with Gasteiger partial charge < -0.3 is 5.11 Å². The molecule has 96 valence electrons. The number of carboxylic acids is 1. The maximum absolute atomic E-state index is 12.1. The topological polar surface area (TPSA) is 67.3 Å². The van der Waals surface area contributed by atoms with E-state index in [4.69, 9.17) is 5.11 Å². The highest BCUT2D eigenvalue weighted by atomic mass is 16.4. The number of benzene rings is 1. The normalized spacial score (nSPS) is 11.8. The molecule has 0 amide bonds. The first-order chi connectivity index (χ1) is 9.09. The van der Waals surface area contributed by atoms with Crippen LogP contribution in [-0.2, 0) is 4.79 Å². The molecule has 2 aromatic rings. The Balaban J connectivity index is 2.24. The Morgan fingerprint density at radius 3 is 2.32 bits per heavy atom. The molecule has 1 aromatic heterocycles. The van der Waals surface area contributed by atoms with Crippen molar-refractivity contribution in [3.8, 4) is 0 Å². The Bertz CT molecular complexity index is 591. The van der Waals surface area contributed by atoms with Gasteiger partial charge >= 0.3 is 5.97 Å². The first kappa shape index (κ1) is 13.0. The van der Waals surface area contributed by atoms with Crippen LogP contribution in [0.2, 0.25) is 0 Å². The summed E-state index contributed by atoms with van der Waals surface area (Å²) in [6, 6.07) is 10.0. The van der Waals surface area contributed by atoms with Gasteiger partial charge in [0.15, 0.2) is 5.78 Å². The van der Waals surface area contributed by atoms with Gasteiger partial charge in [-0.2, -0.15) is 0 Å². The summed E-state index contributed by atoms with van der Waals surface area (Å²) >= 11 is 0. The van der Waals surface area contributed by atoms with Gasteiger partial charge in [-0.3, -0.25) is 14.6 Å². The predicted molar refractivity (Wildman–Crippen MR) is 70.2 cm³/mol. The second kappa shape index (κ2) is 5.44. The summed E-state index contributed by atoms with van der Waals surface area (Å²) in [6.07, 6.45) is 3.12. The lowest BCUT2D eigenvalue weighted by atomic mass is 9.97. The summed E-state index contributed by atoms with van der Waals surface area (Å²) in [5.74, 6) is -1.59. The maximum atomic E-state index is 12.1. The summed E-state index contributed by atoms with van der Waals surface area (Å²) in [7, 11) is 0. The summed E-state index contributed by atoms with van der Waals surface area (Å²) < 4.78 is 0. The van der Waals surface area contributed by atoms with Crippen LogP contribution in [0.4, 0.5) is 0 Å². The van der Waals surface area contributed by atoms with E-state index in [1.54, 1.807) is 49.5 Å². The number of ketones is 1. The molecule has 1 N–H and O–H groups in total. The van der Waals surface area contributed by atoms with Crippen LogP contribution in [0, 0.1) is 0 Å². The van der Waals surface area contributed by atoms with Crippen molar-refractivity contribution >= 4 is 11.8 Å². The molecule has 0 bridgehead atoms. The van der Waals surface area contributed by atoms with Gasteiger partial charge in [0, 0.05) is 23.5 Å². The molecule has 0 aliphatic rings. The molecule has 0 spiro atoms. The Labute approximate surface area is 110 Å². The van der Waals surface area contributed by atoms with Crippen molar-refractivity contribution in [1.29, 1.82) is 0 Å². The third-order valence-electron chi connectivity index (χ3n) is 2.97. The van der Waals surface area contributed by atoms with Crippen LogP contribution in [0.25, 0.3) is 0 Å². The average Bonchev–Trinajstić information content (AvgIpc) is 2.46. The number of rotatable bonds is 4. The summed E-state index contributed by atoms with van der Waals surface area (Å²) in [6.45, 7) is 1.61. The third-order valence-corrected chi connectivity index (χ3v) is 2.97. The van der Waals surface area contributed by atoms with Gasteiger partial charge in [-0.15, -0.1) is 0 Å². The Hall–Kier alpha value is -2.49. The molecule has 4 nitrogen and oxygen atoms in total. The molecule has 0 aliphatic heterocycles. The minimum absolute atomic E-state index is 0.123. The molecular formula is C15H13NO3. The zero-order valence-electron chi connectivity index (χ0n) is 10.4. The van der Waals surface area contributed by atoms with Gasteiger partial charge in [0.25, 0.3) is 0 Å². The lowest BCUT2D eigenvalue weighted by Crippen LogP contribution is -2.08. The Morgan fingerprint density at radius 1 is 1.11 bits per heavy atom. The highest BCUT2D eigenvalue weighted by Gasteiger charge is 2.14. The summed E-state index contributed by atoms with van der Waals surface area (Å²) in [5.41, 5.74) is 1.71. The van der Waals surface area contributed by atoms with Crippen molar-refractivity contribution in [2.24, 2.45) is 0 Å². The summed E-state index contributed by atoms with van der Waals surface area (Å²) in [4.78, 5) is 26.9. The van der Waals surface area contributed by atoms with E-state index in [0.717, 1.165) is 0 Å². The molecule has 0 unspecified atom stereocenters. The minimum atomic E-state index is -0.883. The molecule has 2 rings (SSSR count). The number of nitrogens with zero attached hydrogens (tertiary/aromatic N) is 1. The second-order valence-corrected chi connectivity index (χ2v) is 4.25. The smallest absolute Gasteiger partial charge is 0.310 e. The number of pyridine rings is 1. The van der Waals surface area contributed by atoms with E-state index in [1.165, 1.54) is 6.20 Å². The number of aromatic nitrogens is 1. The van der Waals surface area contributed by atoms with Gasteiger partial charge in [-0.1, -0.05) is 24.3 Å². The molecule has 0 fully saturated rings. The van der Waals surface area contributed by atoms with Crippen LogP contribution < -0.4 is 0 Å². The van der Waals surface area contributed by atoms with Crippen molar-refractivity contribution in [2.75, 3.05) is 0 Å². The Morgan fingerprint density at radius 2 is 1.79 bits per heavy atom. The van der Waals surface area contributed by atoms with Crippen LogP contribution in [0.1, 0.15) is 34.3 Å². The van der Waals surface area contributed by atoms with E-state index in [0.29, 0.717) is 16.7 Å². The van der Waals surface area contributed by atoms with Crippen molar-refractivity contribution in [1.82, 2.24) is 4.98 Å². The number of carboxylic acid groups (broad SMARTS) is 1. The van der Waals surface area contributed by atoms with Gasteiger partial charge in [0.1, 0.15) is 0 Å². The largest absolute Gasteiger partial charge is 0.481 e. The van der Waals surface area contributed by atoms with Crippen LogP contribution in [0.5, 0.6) is 0 Å². The summed E-state index contributed by atoms with van der Waals surface area (Å²) in [5, 5.41) is 8.92. The van der Waals surface area contributed by atoms with Crippen LogP contribution in [0.15, 0.2) is 48.8 Å². The van der Waals surface area contributed by atoms with Gasteiger partial charge in [0.2, 0.25) is 0 Å². The predicted octanol–water partition coefficient (Wildman–Crippen LogP) is 2.50. The highest BCUT2D eigenvalue weighted by molar-refractivity contribution is 6.08. The molecule has 1 aromatic carbocycles. The van der Waals surface area contributed by atoms with Crippen molar-refractivity contribution in [3.63, 3.8) is 0 Å². The molecule has 0 aliphatic carbocycles. The molecule has 1 atom stereocenters. The quantitative estimate of drug-likeness (QED) is 0.852. The first-order valence-electron chi connectivity index (χ1n) is 5.87. The fourth-order valence-corrected chi connectivity index (χ4v) is 1.73. The number of hydrogen-bond donors (Lipinski definition) is 1. The fourth-order valence-electron chi connectivity index (χ4n) is 1.73. The molecular weight excluding hydrogens is 242 g/mol. The van der Waals surface area contributed by atoms with Crippen molar-refractivity contribution in [2.45, 2.75) is 12.8 Å². The average molecular weight is 255 g/mol. The van der Waals surface area contributed by atoms with Crippen LogP contribution in [-0.4, -0.2) is 21.8 Å². The van der Waals surface area contributed by atoms with E-state index in [-0.39, 0.29) is 5.78 Å². The zero-order valence-corrected chi connectivity index (χ0v) is 10.4. The molecule has 4 heteroatoms. The van der Waals surface area contributed by atoms with Crippen LogP contribution >= 0.6 is 0 Å². The van der Waals surface area contributed by atoms with Gasteiger partial charge in [-0.25, -0.2) is 0 Å². The lowest BCUT2D eigenvalue weighted by Gasteiger charge is -2.07. The Kier molecular flexibility index (Phi) is 3.71. The lowest BCUT2D eigenvalue weighted by molar-refractivity contribution is -0.138. The van der Waals surface area contributed by atoms with E-state index >= 15 is 0 Å². The number of aliphatic carboxylic acids is 1. The zero-order chi connectivity index (χ0) is 13.8. The van der Waals surface area contributed by atoms with E-state index in [1.807, 2.05) is 0 Å². The fraction of sp³-hybridized carbons (Fsp3) is 0.133. The third kappa shape index (κ3) is 2.85. The van der Waals surface area contributed by atoms with Crippen molar-refractivity contribution in [3.05, 3.63) is 65.5 Å². The highest BCUT2D eigenvalue weighted by Crippen LogP contribution is 2.17. The van der Waals surface area contributed by atoms with Crippen LogP contribution in [0.3, 0.4) is 0 Å². The first-order valence-corrected chi connectivity index (χ1v) is 5.87. The van der Waals surface area contributed by atoms with E-state index < -0.39 is 11.9 Å². The SMILES string of the molecule is C[C@H](C(=O)O)c1ccc(C(=O)c2cccnc2)cc1. The van der Waals surface area contributed by atoms with Crippen molar-refractivity contribution < 1.29 is 14.7 Å². The molecule has 0 saturated carbocycles. The van der Waals surface area contributed by atoms with E-state index in [2.05, 4.69) is 4.98 Å². The van der Waals surface area contributed by atoms with Gasteiger partial charge in [0.05, 0.1) is 5.92 Å². The standard InChI is InChI=1S/C15H13NO3/c1-10(15(18)19)11-4-6-12(7-5-11)14(17)13-3-2-8-16-9-13/h2-10H,1H3,(H,18,19)/t10-/m0/s1.